The van der Waals surface area contributed by atoms with Crippen LogP contribution in [0.4, 0.5) is 10.8 Å². The Bertz CT molecular complexity index is 1120. The number of nitrogens with one attached hydrogen (secondary N) is 1. The van der Waals surface area contributed by atoms with Crippen molar-refractivity contribution in [3.63, 3.8) is 0 Å². The highest BCUT2D eigenvalue weighted by Crippen LogP contribution is 2.27. The van der Waals surface area contributed by atoms with Crippen LogP contribution in [-0.2, 0) is 0 Å². The van der Waals surface area contributed by atoms with Crippen molar-refractivity contribution in [3.8, 4) is 10.9 Å². The van der Waals surface area contributed by atoms with Gasteiger partial charge in [-0.15, -0.1) is 10.2 Å². The average Bonchev–Trinajstić information content (AvgIpc) is 3.62. The first-order valence-electron chi connectivity index (χ1n) is 12.9. The molecule has 0 aliphatic carbocycles. The number of carbonyl (C=O) groups excluding carboxylic acids is 1. The number of anilines is 2. The molecule has 2 aromatic heterocycles. The molecule has 0 spiro atoms. The lowest BCUT2D eigenvalue weighted by Crippen LogP contribution is -2.47. The van der Waals surface area contributed by atoms with Crippen LogP contribution in [0.25, 0.3) is 5.13 Å². The standard InChI is InChI=1S/C26H35N7O2S/c1-35-22-10-8-21(9-11-22)31-19-17-30(18-20-31)13-6-12-27-24(34)23-7-5-16-33(23)26-29-28-25(36-26)32-14-3-2-4-15-32/h5,7-11,16H,2-4,6,12-15,17-20H2,1H3,(H,27,34). The molecule has 0 unspecified atom stereocenters. The number of rotatable bonds is 9. The van der Waals surface area contributed by atoms with Crippen LogP contribution in [0.2, 0.25) is 0 Å². The number of piperidine rings is 1. The first-order chi connectivity index (χ1) is 17.7. The van der Waals surface area contributed by atoms with Crippen molar-refractivity contribution in [1.29, 1.82) is 0 Å². The van der Waals surface area contributed by atoms with E-state index < -0.39 is 0 Å². The normalized spacial score (nSPS) is 16.8. The van der Waals surface area contributed by atoms with Crippen LogP contribution < -0.4 is 19.9 Å². The van der Waals surface area contributed by atoms with Gasteiger partial charge in [0.1, 0.15) is 11.4 Å². The van der Waals surface area contributed by atoms with Gasteiger partial charge in [-0.25, -0.2) is 0 Å². The van der Waals surface area contributed by atoms with Gasteiger partial charge in [-0.1, -0.05) is 11.3 Å². The lowest BCUT2D eigenvalue weighted by Gasteiger charge is -2.36. The molecule has 36 heavy (non-hydrogen) atoms. The summed E-state index contributed by atoms with van der Waals surface area (Å²) in [7, 11) is 1.69. The molecule has 2 aliphatic rings. The Morgan fingerprint density at radius 1 is 0.944 bits per heavy atom. The Morgan fingerprint density at radius 3 is 2.44 bits per heavy atom. The first kappa shape index (κ1) is 24.6. The minimum atomic E-state index is -0.0703. The van der Waals surface area contributed by atoms with Crippen molar-refractivity contribution in [1.82, 2.24) is 25.0 Å². The van der Waals surface area contributed by atoms with Gasteiger partial charge in [0.25, 0.3) is 5.91 Å². The number of methoxy groups -OCH3 is 1. The number of aromatic nitrogens is 3. The maximum atomic E-state index is 12.9. The minimum Gasteiger partial charge on any atom is -0.497 e. The van der Waals surface area contributed by atoms with Crippen molar-refractivity contribution in [2.24, 2.45) is 0 Å². The van der Waals surface area contributed by atoms with Gasteiger partial charge in [0, 0.05) is 57.7 Å². The maximum Gasteiger partial charge on any atom is 0.268 e. The topological polar surface area (TPSA) is 78.8 Å². The van der Waals surface area contributed by atoms with Crippen LogP contribution in [0.3, 0.4) is 0 Å². The number of amides is 1. The van der Waals surface area contributed by atoms with Crippen molar-refractivity contribution >= 4 is 28.1 Å². The molecule has 2 fully saturated rings. The summed E-state index contributed by atoms with van der Waals surface area (Å²) in [5.41, 5.74) is 1.84. The van der Waals surface area contributed by atoms with E-state index in [1.54, 1.807) is 18.4 Å². The molecular formula is C26H35N7O2S. The van der Waals surface area contributed by atoms with Crippen molar-refractivity contribution in [3.05, 3.63) is 48.3 Å². The van der Waals surface area contributed by atoms with E-state index in [0.717, 1.165) is 68.2 Å². The zero-order valence-electron chi connectivity index (χ0n) is 20.9. The fourth-order valence-corrected chi connectivity index (χ4v) is 5.76. The summed E-state index contributed by atoms with van der Waals surface area (Å²) in [4.78, 5) is 20.1. The number of carbonyl (C=O) groups is 1. The number of hydrogen-bond acceptors (Lipinski definition) is 8. The van der Waals surface area contributed by atoms with E-state index in [9.17, 15) is 4.79 Å². The molecule has 9 nitrogen and oxygen atoms in total. The minimum absolute atomic E-state index is 0.0703. The Kier molecular flexibility index (Phi) is 8.02. The van der Waals surface area contributed by atoms with Crippen LogP contribution in [0.5, 0.6) is 5.75 Å². The fraction of sp³-hybridized carbons (Fsp3) is 0.500. The molecule has 4 heterocycles. The fourth-order valence-electron chi connectivity index (χ4n) is 4.87. The third-order valence-corrected chi connectivity index (χ3v) is 7.95. The van der Waals surface area contributed by atoms with Crippen molar-refractivity contribution < 1.29 is 9.53 Å². The monoisotopic (exact) mass is 509 g/mol. The zero-order valence-corrected chi connectivity index (χ0v) is 21.8. The molecular weight excluding hydrogens is 474 g/mol. The molecule has 2 aliphatic heterocycles. The van der Waals surface area contributed by atoms with Crippen LogP contribution in [0.15, 0.2) is 42.6 Å². The third kappa shape index (κ3) is 5.82. The predicted octanol–water partition coefficient (Wildman–Crippen LogP) is 3.27. The third-order valence-electron chi connectivity index (χ3n) is 6.96. The molecule has 2 saturated heterocycles. The van der Waals surface area contributed by atoms with Crippen LogP contribution >= 0.6 is 11.3 Å². The highest BCUT2D eigenvalue weighted by Gasteiger charge is 2.20. The van der Waals surface area contributed by atoms with Gasteiger partial charge in [-0.3, -0.25) is 14.3 Å². The van der Waals surface area contributed by atoms with Gasteiger partial charge in [0.05, 0.1) is 7.11 Å². The molecule has 0 atom stereocenters. The molecule has 192 valence electrons. The average molecular weight is 510 g/mol. The van der Waals surface area contributed by atoms with E-state index >= 15 is 0 Å². The molecule has 0 saturated carbocycles. The molecule has 1 N–H and O–H groups in total. The predicted molar refractivity (Wildman–Crippen MR) is 144 cm³/mol. The Balaban J connectivity index is 1.06. The van der Waals surface area contributed by atoms with Crippen molar-refractivity contribution in [2.75, 3.05) is 69.3 Å². The van der Waals surface area contributed by atoms with Gasteiger partial charge in [-0.2, -0.15) is 0 Å². The molecule has 1 amide bonds. The van der Waals surface area contributed by atoms with Gasteiger partial charge < -0.3 is 19.9 Å². The number of nitrogens with zero attached hydrogens (tertiary/aromatic N) is 6. The molecule has 10 heteroatoms. The zero-order chi connectivity index (χ0) is 24.7. The van der Waals surface area contributed by atoms with E-state index in [1.165, 1.54) is 24.9 Å². The van der Waals surface area contributed by atoms with Gasteiger partial charge in [0.15, 0.2) is 0 Å². The Hall–Kier alpha value is -3.11. The van der Waals surface area contributed by atoms with Gasteiger partial charge in [-0.05, 0) is 68.6 Å². The molecule has 1 aromatic carbocycles. The number of piperazine rings is 1. The maximum absolute atomic E-state index is 12.9. The van der Waals surface area contributed by atoms with E-state index in [0.29, 0.717) is 12.2 Å². The van der Waals surface area contributed by atoms with E-state index in [2.05, 4.69) is 42.3 Å². The highest BCUT2D eigenvalue weighted by molar-refractivity contribution is 7.17. The number of benzene rings is 1. The number of ether oxygens (including phenoxy) is 1. The summed E-state index contributed by atoms with van der Waals surface area (Å²) in [5, 5.41) is 13.5. The van der Waals surface area contributed by atoms with Gasteiger partial charge in [0.2, 0.25) is 10.3 Å². The Labute approximate surface area is 216 Å². The summed E-state index contributed by atoms with van der Waals surface area (Å²) in [6, 6.07) is 12.0. The van der Waals surface area contributed by atoms with Crippen LogP contribution in [-0.4, -0.2) is 85.0 Å². The summed E-state index contributed by atoms with van der Waals surface area (Å²) in [6.07, 6.45) is 6.49. The summed E-state index contributed by atoms with van der Waals surface area (Å²) < 4.78 is 7.10. The second-order valence-corrected chi connectivity index (χ2v) is 10.2. The second kappa shape index (κ2) is 11.7. The molecule has 5 rings (SSSR count). The summed E-state index contributed by atoms with van der Waals surface area (Å²) >= 11 is 1.55. The lowest BCUT2D eigenvalue weighted by molar-refractivity contribution is 0.0944. The lowest BCUT2D eigenvalue weighted by atomic mass is 10.1. The molecule has 3 aromatic rings. The van der Waals surface area contributed by atoms with Gasteiger partial charge >= 0.3 is 0 Å². The quantitative estimate of drug-likeness (QED) is 0.444. The summed E-state index contributed by atoms with van der Waals surface area (Å²) in [6.45, 7) is 7.76. The van der Waals surface area contributed by atoms with E-state index in [-0.39, 0.29) is 5.91 Å². The van der Waals surface area contributed by atoms with E-state index in [4.69, 9.17) is 4.74 Å². The smallest absolute Gasteiger partial charge is 0.268 e. The SMILES string of the molecule is COc1ccc(N2CCN(CCCNC(=O)c3cccn3-c3nnc(N4CCCCC4)s3)CC2)cc1. The first-order valence-corrected chi connectivity index (χ1v) is 13.7. The highest BCUT2D eigenvalue weighted by atomic mass is 32.1. The Morgan fingerprint density at radius 2 is 1.69 bits per heavy atom. The van der Waals surface area contributed by atoms with E-state index in [1.807, 2.05) is 35.0 Å². The second-order valence-electron chi connectivity index (χ2n) is 9.31. The van der Waals surface area contributed by atoms with Crippen LogP contribution in [0, 0.1) is 0 Å². The largest absolute Gasteiger partial charge is 0.497 e. The van der Waals surface area contributed by atoms with Crippen LogP contribution in [0.1, 0.15) is 36.2 Å². The molecule has 0 radical (unpaired) electrons. The summed E-state index contributed by atoms with van der Waals surface area (Å²) in [5.74, 6) is 0.816. The van der Waals surface area contributed by atoms with Crippen molar-refractivity contribution in [2.45, 2.75) is 25.7 Å². The number of hydrogen-bond donors (Lipinski definition) is 1. The molecule has 0 bridgehead atoms.